The van der Waals surface area contributed by atoms with Crippen molar-refractivity contribution in [2.24, 2.45) is 5.92 Å². The molecule has 1 aromatic rings. The SMILES string of the molecule is CCCCCC(CCC)C1(C)c2ccc(C=O)cc2N2CCN(CCC)C/C=C(O)\C=C/CC21. The number of aliphatic hydroxyl groups excluding tert-OH is 1. The fraction of sp³-hybridized carbons (Fsp3) is 0.633. The standard InChI is InChI=1S/C30H46N2O2/c1-5-8-9-12-25(11-6-2)30(4)27-16-15-24(23-33)22-28(27)32-21-20-31(18-7-3)19-17-26(34)13-10-14-29(30)32/h10,13,15-17,22-23,25,29,34H,5-9,11-12,14,18-21H2,1-4H3/b13-10-,26-17+. The predicted molar refractivity (Wildman–Crippen MR) is 144 cm³/mol. The Morgan fingerprint density at radius 1 is 1.12 bits per heavy atom. The summed E-state index contributed by atoms with van der Waals surface area (Å²) in [6.07, 6.45) is 16.4. The van der Waals surface area contributed by atoms with Gasteiger partial charge in [0.25, 0.3) is 0 Å². The lowest BCUT2D eigenvalue weighted by molar-refractivity contribution is 0.112. The third-order valence-electron chi connectivity index (χ3n) is 8.16. The van der Waals surface area contributed by atoms with Gasteiger partial charge in [-0.05, 0) is 61.9 Å². The number of fused-ring (bicyclic) bond motifs is 3. The van der Waals surface area contributed by atoms with Crippen molar-refractivity contribution in [2.75, 3.05) is 31.1 Å². The van der Waals surface area contributed by atoms with E-state index in [1.807, 2.05) is 18.2 Å². The van der Waals surface area contributed by atoms with Gasteiger partial charge in [-0.1, -0.05) is 71.6 Å². The second-order valence-corrected chi connectivity index (χ2v) is 10.4. The summed E-state index contributed by atoms with van der Waals surface area (Å²) in [6, 6.07) is 6.69. The molecule has 0 saturated heterocycles. The van der Waals surface area contributed by atoms with Gasteiger partial charge in [-0.2, -0.15) is 0 Å². The lowest BCUT2D eigenvalue weighted by atomic mass is 9.64. The zero-order chi connectivity index (χ0) is 24.6. The molecule has 1 N–H and O–H groups in total. The number of nitrogens with zero attached hydrogens (tertiary/aromatic N) is 2. The molecule has 2 heterocycles. The molecule has 0 aliphatic carbocycles. The van der Waals surface area contributed by atoms with Crippen LogP contribution in [0.25, 0.3) is 0 Å². The summed E-state index contributed by atoms with van der Waals surface area (Å²) >= 11 is 0. The molecular weight excluding hydrogens is 420 g/mol. The number of allylic oxidation sites excluding steroid dienone is 1. The lowest BCUT2D eigenvalue weighted by Crippen LogP contribution is -2.49. The van der Waals surface area contributed by atoms with Crippen LogP contribution in [-0.2, 0) is 5.41 Å². The number of benzene rings is 1. The molecule has 4 nitrogen and oxygen atoms in total. The molecule has 1 aromatic carbocycles. The molecule has 4 heteroatoms. The van der Waals surface area contributed by atoms with Crippen LogP contribution in [0.4, 0.5) is 5.69 Å². The van der Waals surface area contributed by atoms with E-state index in [2.05, 4.69) is 55.7 Å². The van der Waals surface area contributed by atoms with Gasteiger partial charge in [0.2, 0.25) is 0 Å². The Bertz CT molecular complexity index is 861. The minimum absolute atomic E-state index is 0.00775. The number of rotatable bonds is 10. The van der Waals surface area contributed by atoms with Crippen molar-refractivity contribution in [2.45, 2.75) is 90.5 Å². The van der Waals surface area contributed by atoms with Crippen molar-refractivity contribution in [1.29, 1.82) is 0 Å². The third kappa shape index (κ3) is 5.76. The first kappa shape index (κ1) is 26.5. The quantitative estimate of drug-likeness (QED) is 0.296. The second-order valence-electron chi connectivity index (χ2n) is 10.4. The molecule has 34 heavy (non-hydrogen) atoms. The van der Waals surface area contributed by atoms with E-state index in [0.29, 0.717) is 17.7 Å². The lowest BCUT2D eigenvalue weighted by Gasteiger charge is -2.43. The summed E-state index contributed by atoms with van der Waals surface area (Å²) in [5.74, 6) is 0.956. The van der Waals surface area contributed by atoms with Crippen molar-refractivity contribution in [1.82, 2.24) is 4.90 Å². The Labute approximate surface area is 207 Å². The average Bonchev–Trinajstić information content (AvgIpc) is 3.05. The average molecular weight is 467 g/mol. The van der Waals surface area contributed by atoms with E-state index < -0.39 is 0 Å². The molecule has 188 valence electrons. The molecule has 0 spiro atoms. The van der Waals surface area contributed by atoms with Crippen molar-refractivity contribution < 1.29 is 9.90 Å². The van der Waals surface area contributed by atoms with Gasteiger partial charge in [-0.3, -0.25) is 9.69 Å². The second kappa shape index (κ2) is 12.6. The monoisotopic (exact) mass is 466 g/mol. The van der Waals surface area contributed by atoms with E-state index in [0.717, 1.165) is 50.9 Å². The van der Waals surface area contributed by atoms with Gasteiger partial charge in [-0.15, -0.1) is 0 Å². The van der Waals surface area contributed by atoms with Crippen LogP contribution in [0.5, 0.6) is 0 Å². The highest BCUT2D eigenvalue weighted by Gasteiger charge is 2.50. The summed E-state index contributed by atoms with van der Waals surface area (Å²) in [5, 5.41) is 10.5. The van der Waals surface area contributed by atoms with Gasteiger partial charge >= 0.3 is 0 Å². The Kier molecular flexibility index (Phi) is 9.82. The largest absolute Gasteiger partial charge is 0.508 e. The number of hydrogen-bond acceptors (Lipinski definition) is 4. The van der Waals surface area contributed by atoms with Gasteiger partial charge in [-0.25, -0.2) is 0 Å². The highest BCUT2D eigenvalue weighted by molar-refractivity contribution is 5.80. The van der Waals surface area contributed by atoms with Crippen LogP contribution < -0.4 is 4.90 Å². The minimum Gasteiger partial charge on any atom is -0.508 e. The van der Waals surface area contributed by atoms with Crippen LogP contribution in [-0.4, -0.2) is 48.5 Å². The van der Waals surface area contributed by atoms with Crippen LogP contribution in [0.1, 0.15) is 95.0 Å². The van der Waals surface area contributed by atoms with Gasteiger partial charge in [0, 0.05) is 42.3 Å². The molecule has 0 amide bonds. The Balaban J connectivity index is 2.08. The van der Waals surface area contributed by atoms with Gasteiger partial charge in [0.05, 0.1) is 0 Å². The molecule has 3 rings (SSSR count). The Morgan fingerprint density at radius 3 is 2.65 bits per heavy atom. The molecular formula is C30H46N2O2. The van der Waals surface area contributed by atoms with Crippen LogP contribution in [0.3, 0.4) is 0 Å². The molecule has 3 unspecified atom stereocenters. The third-order valence-corrected chi connectivity index (χ3v) is 8.16. The molecule has 0 saturated carbocycles. The maximum absolute atomic E-state index is 11.7. The summed E-state index contributed by atoms with van der Waals surface area (Å²) in [5.41, 5.74) is 3.42. The van der Waals surface area contributed by atoms with Crippen LogP contribution in [0.15, 0.2) is 42.2 Å². The fourth-order valence-corrected chi connectivity index (χ4v) is 6.33. The first-order chi connectivity index (χ1) is 16.5. The smallest absolute Gasteiger partial charge is 0.150 e. The Morgan fingerprint density at radius 2 is 1.94 bits per heavy atom. The number of anilines is 1. The zero-order valence-electron chi connectivity index (χ0n) is 21.9. The molecule has 2 aliphatic heterocycles. The predicted octanol–water partition coefficient (Wildman–Crippen LogP) is 7.06. The van der Waals surface area contributed by atoms with E-state index in [1.165, 1.54) is 49.8 Å². The van der Waals surface area contributed by atoms with E-state index in [-0.39, 0.29) is 5.41 Å². The number of carbonyl (C=O) groups is 1. The molecule has 3 atom stereocenters. The maximum atomic E-state index is 11.7. The van der Waals surface area contributed by atoms with E-state index in [9.17, 15) is 9.90 Å². The number of carbonyl (C=O) groups excluding carboxylic acids is 1. The van der Waals surface area contributed by atoms with E-state index in [1.54, 1.807) is 0 Å². The molecule has 0 bridgehead atoms. The summed E-state index contributed by atoms with van der Waals surface area (Å²) in [7, 11) is 0. The van der Waals surface area contributed by atoms with Gasteiger partial charge in [0.15, 0.2) is 0 Å². The van der Waals surface area contributed by atoms with Crippen molar-refractivity contribution in [3.8, 4) is 0 Å². The molecule has 0 aromatic heterocycles. The number of hydrogen-bond donors (Lipinski definition) is 1. The Hall–Kier alpha value is -2.07. The van der Waals surface area contributed by atoms with Crippen LogP contribution in [0.2, 0.25) is 0 Å². The van der Waals surface area contributed by atoms with E-state index >= 15 is 0 Å². The van der Waals surface area contributed by atoms with E-state index in [4.69, 9.17) is 0 Å². The summed E-state index contributed by atoms with van der Waals surface area (Å²) < 4.78 is 0. The van der Waals surface area contributed by atoms with Crippen LogP contribution in [0, 0.1) is 5.92 Å². The van der Waals surface area contributed by atoms with Gasteiger partial charge < -0.3 is 10.0 Å². The minimum atomic E-state index is 0.00775. The van der Waals surface area contributed by atoms with Crippen molar-refractivity contribution in [3.05, 3.63) is 53.3 Å². The summed E-state index contributed by atoms with van der Waals surface area (Å²) in [6.45, 7) is 12.9. The van der Waals surface area contributed by atoms with Gasteiger partial charge in [0.1, 0.15) is 12.0 Å². The molecule has 2 aliphatic rings. The number of unbranched alkanes of at least 4 members (excludes halogenated alkanes) is 2. The summed E-state index contributed by atoms with van der Waals surface area (Å²) in [4.78, 5) is 16.7. The zero-order valence-corrected chi connectivity index (χ0v) is 21.9. The number of aldehydes is 1. The first-order valence-corrected chi connectivity index (χ1v) is 13.6. The highest BCUT2D eigenvalue weighted by Crippen LogP contribution is 2.53. The van der Waals surface area contributed by atoms with Crippen molar-refractivity contribution >= 4 is 12.0 Å². The topological polar surface area (TPSA) is 43.8 Å². The van der Waals surface area contributed by atoms with Crippen molar-refractivity contribution in [3.63, 3.8) is 0 Å². The molecule has 0 radical (unpaired) electrons. The first-order valence-electron chi connectivity index (χ1n) is 13.6. The number of aliphatic hydroxyl groups is 1. The fourth-order valence-electron chi connectivity index (χ4n) is 6.33. The normalized spacial score (nSPS) is 26.6. The maximum Gasteiger partial charge on any atom is 0.150 e. The van der Waals surface area contributed by atoms with Crippen LogP contribution >= 0.6 is 0 Å². The molecule has 0 fully saturated rings. The highest BCUT2D eigenvalue weighted by atomic mass is 16.3.